The molecule has 1 amide bonds. The van der Waals surface area contributed by atoms with Gasteiger partial charge in [-0.3, -0.25) is 9.59 Å². The van der Waals surface area contributed by atoms with Gasteiger partial charge >= 0.3 is 5.97 Å². The van der Waals surface area contributed by atoms with Gasteiger partial charge in [0, 0.05) is 25.3 Å². The Hall–Kier alpha value is -4.23. The molecule has 0 radical (unpaired) electrons. The van der Waals surface area contributed by atoms with Crippen LogP contribution in [0.5, 0.6) is 5.88 Å². The Morgan fingerprint density at radius 1 is 0.914 bits per heavy atom. The highest BCUT2D eigenvalue weighted by Crippen LogP contribution is 2.41. The average Bonchev–Trinajstić information content (AvgIpc) is 3.18. The predicted molar refractivity (Wildman–Crippen MR) is 136 cm³/mol. The van der Waals surface area contributed by atoms with Crippen LogP contribution in [0.2, 0.25) is 0 Å². The Kier molecular flexibility index (Phi) is 7.08. The van der Waals surface area contributed by atoms with Gasteiger partial charge in [-0.05, 0) is 43.2 Å². The summed E-state index contributed by atoms with van der Waals surface area (Å²) in [6.45, 7) is 5.35. The Labute approximate surface area is 204 Å². The van der Waals surface area contributed by atoms with E-state index in [0.717, 1.165) is 27.9 Å². The molecule has 1 heterocycles. The summed E-state index contributed by atoms with van der Waals surface area (Å²) < 4.78 is 12.3. The molecule has 0 aliphatic carbocycles. The molecular weight excluding hydrogens is 442 g/mol. The molecule has 0 aliphatic rings. The molecule has 1 aromatic heterocycles. The second-order valence-electron chi connectivity index (χ2n) is 8.25. The molecular formula is C28H27N3O4. The van der Waals surface area contributed by atoms with E-state index in [0.29, 0.717) is 22.8 Å². The number of ether oxygens (including phenoxy) is 2. The van der Waals surface area contributed by atoms with Crippen LogP contribution in [-0.2, 0) is 14.3 Å². The van der Waals surface area contributed by atoms with E-state index < -0.39 is 5.97 Å². The van der Waals surface area contributed by atoms with E-state index in [1.54, 1.807) is 16.8 Å². The molecule has 3 aromatic carbocycles. The third-order valence-corrected chi connectivity index (χ3v) is 5.48. The fraction of sp³-hybridized carbons (Fsp3) is 0.179. The summed E-state index contributed by atoms with van der Waals surface area (Å²) in [7, 11) is 1.47. The molecule has 0 fully saturated rings. The summed E-state index contributed by atoms with van der Waals surface area (Å²) in [4.78, 5) is 24.1. The van der Waals surface area contributed by atoms with Gasteiger partial charge in [-0.15, -0.1) is 0 Å². The highest BCUT2D eigenvalue weighted by molar-refractivity contribution is 5.93. The SMILES string of the molecule is COCC(=O)Nc1ccc(-c2c(-c3ccc(C)cc3)nn(-c3ccccc3C)c2OC(C)=O)cc1. The number of nitrogens with zero attached hydrogens (tertiary/aromatic N) is 2. The third-order valence-electron chi connectivity index (χ3n) is 5.48. The summed E-state index contributed by atoms with van der Waals surface area (Å²) in [5, 5.41) is 7.71. The van der Waals surface area contributed by atoms with Crippen molar-refractivity contribution in [1.82, 2.24) is 9.78 Å². The number of anilines is 1. The lowest BCUT2D eigenvalue weighted by atomic mass is 10.00. The van der Waals surface area contributed by atoms with Crippen molar-refractivity contribution in [2.45, 2.75) is 20.8 Å². The van der Waals surface area contributed by atoms with Crippen molar-refractivity contribution in [2.75, 3.05) is 19.0 Å². The van der Waals surface area contributed by atoms with Crippen LogP contribution in [0, 0.1) is 13.8 Å². The molecule has 0 saturated carbocycles. The number of carbonyl (C=O) groups is 2. The zero-order chi connectivity index (χ0) is 24.9. The number of aromatic nitrogens is 2. The third kappa shape index (κ3) is 5.31. The van der Waals surface area contributed by atoms with Gasteiger partial charge in [0.25, 0.3) is 0 Å². The van der Waals surface area contributed by atoms with Gasteiger partial charge in [0.2, 0.25) is 11.8 Å². The largest absolute Gasteiger partial charge is 0.407 e. The van der Waals surface area contributed by atoms with Crippen molar-refractivity contribution in [3.05, 3.63) is 83.9 Å². The molecule has 1 N–H and O–H groups in total. The fourth-order valence-corrected chi connectivity index (χ4v) is 3.82. The average molecular weight is 470 g/mol. The van der Waals surface area contributed by atoms with E-state index in [4.69, 9.17) is 14.6 Å². The first kappa shape index (κ1) is 23.9. The Balaban J connectivity index is 1.91. The molecule has 0 spiro atoms. The summed E-state index contributed by atoms with van der Waals surface area (Å²) in [6.07, 6.45) is 0. The molecule has 4 aromatic rings. The number of para-hydroxylation sites is 1. The predicted octanol–water partition coefficient (Wildman–Crippen LogP) is 5.33. The molecule has 0 saturated heterocycles. The summed E-state index contributed by atoms with van der Waals surface area (Å²) >= 11 is 0. The first-order valence-electron chi connectivity index (χ1n) is 11.2. The first-order chi connectivity index (χ1) is 16.9. The highest BCUT2D eigenvalue weighted by Gasteiger charge is 2.25. The molecule has 0 aliphatic heterocycles. The number of nitrogens with one attached hydrogen (secondary N) is 1. The lowest BCUT2D eigenvalue weighted by molar-refractivity contribution is -0.132. The lowest BCUT2D eigenvalue weighted by Crippen LogP contribution is -2.16. The van der Waals surface area contributed by atoms with Gasteiger partial charge in [0.05, 0.1) is 11.3 Å². The lowest BCUT2D eigenvalue weighted by Gasteiger charge is -2.11. The van der Waals surface area contributed by atoms with Gasteiger partial charge in [-0.25, -0.2) is 0 Å². The first-order valence-corrected chi connectivity index (χ1v) is 11.2. The van der Waals surface area contributed by atoms with Crippen molar-refractivity contribution in [3.63, 3.8) is 0 Å². The van der Waals surface area contributed by atoms with E-state index in [1.807, 2.05) is 74.5 Å². The number of rotatable bonds is 7. The van der Waals surface area contributed by atoms with Crippen LogP contribution in [0.15, 0.2) is 72.8 Å². The number of esters is 1. The zero-order valence-corrected chi connectivity index (χ0v) is 20.2. The van der Waals surface area contributed by atoms with Crippen LogP contribution in [0.3, 0.4) is 0 Å². The monoisotopic (exact) mass is 469 g/mol. The number of hydrogen-bond donors (Lipinski definition) is 1. The second kappa shape index (κ2) is 10.4. The Bertz CT molecular complexity index is 1360. The minimum Gasteiger partial charge on any atom is -0.407 e. The molecule has 7 heteroatoms. The van der Waals surface area contributed by atoms with E-state index >= 15 is 0 Å². The summed E-state index contributed by atoms with van der Waals surface area (Å²) in [6, 6.07) is 23.2. The number of carbonyl (C=O) groups excluding carboxylic acids is 2. The van der Waals surface area contributed by atoms with Gasteiger partial charge < -0.3 is 14.8 Å². The number of aryl methyl sites for hydroxylation is 2. The maximum absolute atomic E-state index is 12.2. The van der Waals surface area contributed by atoms with Crippen LogP contribution in [-0.4, -0.2) is 35.4 Å². The molecule has 0 bridgehead atoms. The second-order valence-corrected chi connectivity index (χ2v) is 8.25. The topological polar surface area (TPSA) is 82.4 Å². The molecule has 178 valence electrons. The normalized spacial score (nSPS) is 10.7. The van der Waals surface area contributed by atoms with Gasteiger partial charge in [0.15, 0.2) is 0 Å². The number of amides is 1. The van der Waals surface area contributed by atoms with Crippen LogP contribution in [0.25, 0.3) is 28.1 Å². The quantitative estimate of drug-likeness (QED) is 0.370. The van der Waals surface area contributed by atoms with Crippen molar-refractivity contribution in [3.8, 4) is 34.0 Å². The zero-order valence-electron chi connectivity index (χ0n) is 20.2. The van der Waals surface area contributed by atoms with Crippen LogP contribution < -0.4 is 10.1 Å². The Morgan fingerprint density at radius 3 is 2.20 bits per heavy atom. The van der Waals surface area contributed by atoms with Gasteiger partial charge in [0.1, 0.15) is 12.3 Å². The molecule has 7 nitrogen and oxygen atoms in total. The van der Waals surface area contributed by atoms with Gasteiger partial charge in [-0.1, -0.05) is 60.2 Å². The van der Waals surface area contributed by atoms with Gasteiger partial charge in [-0.2, -0.15) is 9.78 Å². The Morgan fingerprint density at radius 2 is 1.57 bits per heavy atom. The number of hydrogen-bond acceptors (Lipinski definition) is 5. The molecule has 35 heavy (non-hydrogen) atoms. The molecule has 0 atom stereocenters. The number of methoxy groups -OCH3 is 1. The summed E-state index contributed by atoms with van der Waals surface area (Å²) in [5.74, 6) is -0.355. The fourth-order valence-electron chi connectivity index (χ4n) is 3.82. The minimum atomic E-state index is -0.445. The van der Waals surface area contributed by atoms with E-state index in [9.17, 15) is 9.59 Å². The van der Waals surface area contributed by atoms with Crippen molar-refractivity contribution in [1.29, 1.82) is 0 Å². The summed E-state index contributed by atoms with van der Waals surface area (Å²) in [5.41, 5.74) is 6.61. The molecule has 0 unspecified atom stereocenters. The van der Waals surface area contributed by atoms with Crippen molar-refractivity contribution >= 4 is 17.6 Å². The maximum Gasteiger partial charge on any atom is 0.309 e. The maximum atomic E-state index is 12.2. The van der Waals surface area contributed by atoms with E-state index in [1.165, 1.54) is 14.0 Å². The highest BCUT2D eigenvalue weighted by atomic mass is 16.5. The minimum absolute atomic E-state index is 0.0287. The molecule has 4 rings (SSSR count). The van der Waals surface area contributed by atoms with E-state index in [-0.39, 0.29) is 12.5 Å². The smallest absolute Gasteiger partial charge is 0.309 e. The van der Waals surface area contributed by atoms with Crippen LogP contribution >= 0.6 is 0 Å². The van der Waals surface area contributed by atoms with Crippen molar-refractivity contribution in [2.24, 2.45) is 0 Å². The van der Waals surface area contributed by atoms with Crippen LogP contribution in [0.4, 0.5) is 5.69 Å². The standard InChI is InChI=1S/C28H27N3O4/c1-18-9-11-22(12-10-18)27-26(21-13-15-23(16-14-21)29-25(33)17-34-4)28(35-20(3)32)31(30-27)24-8-6-5-7-19(24)2/h5-16H,17H2,1-4H3,(H,29,33). The van der Waals surface area contributed by atoms with Crippen molar-refractivity contribution < 1.29 is 19.1 Å². The van der Waals surface area contributed by atoms with E-state index in [2.05, 4.69) is 5.32 Å². The number of benzene rings is 3. The van der Waals surface area contributed by atoms with Crippen LogP contribution in [0.1, 0.15) is 18.1 Å².